The van der Waals surface area contributed by atoms with Crippen molar-refractivity contribution in [2.75, 3.05) is 13.2 Å². The number of halogens is 3. The van der Waals surface area contributed by atoms with E-state index in [0.717, 1.165) is 10.4 Å². The summed E-state index contributed by atoms with van der Waals surface area (Å²) in [5.41, 5.74) is 2.16. The maximum absolute atomic E-state index is 14.6. The van der Waals surface area contributed by atoms with Gasteiger partial charge < -0.3 is 24.5 Å². The standard InChI is InChI=1S/C37H53Cl3N4O7Si/c1-24(2)29(42-34(48)50-35(4,5)6)31(45)41-30(32(46)44-22-16-21-28(43-44)33(47)49-23-37(38,39)40)25(3)51-52(36(7,8)9,26-17-12-10-13-18-26)27-19-14-11-15-20-27/h10-15,17-20,24-25,28-30,43H,16,21-23H2,1-9H3,(H,41,45)(H,42,48)/t25-,28?,29?,30+/m1/s1. The SMILES string of the molecule is CC(C)C(NC(=O)OC(C)(C)C)C(=O)N[C@H](C(=O)N1CCCC(C(=O)OCC(Cl)(Cl)Cl)N1)[C@@H](C)O[Si](c1ccccc1)(c1ccccc1)C(C)(C)C. The number of esters is 1. The van der Waals surface area contributed by atoms with E-state index >= 15 is 0 Å². The van der Waals surface area contributed by atoms with Gasteiger partial charge in [-0.15, -0.1) is 0 Å². The Kier molecular flexibility index (Phi) is 15.0. The van der Waals surface area contributed by atoms with Gasteiger partial charge in [0.2, 0.25) is 9.70 Å². The lowest BCUT2D eigenvalue weighted by atomic mass is 10.0. The molecule has 0 aromatic heterocycles. The number of carbonyl (C=O) groups is 4. The van der Waals surface area contributed by atoms with Gasteiger partial charge >= 0.3 is 12.1 Å². The zero-order chi connectivity index (χ0) is 39.1. The Labute approximate surface area is 323 Å². The molecule has 1 saturated heterocycles. The smallest absolute Gasteiger partial charge is 0.408 e. The molecule has 3 N–H and O–H groups in total. The first-order valence-electron chi connectivity index (χ1n) is 17.5. The highest BCUT2D eigenvalue weighted by atomic mass is 35.6. The summed E-state index contributed by atoms with van der Waals surface area (Å²) in [6.45, 7) is 16.6. The van der Waals surface area contributed by atoms with Crippen molar-refractivity contribution in [1.82, 2.24) is 21.1 Å². The molecule has 1 aliphatic heterocycles. The third kappa shape index (κ3) is 11.8. The first kappa shape index (κ1) is 43.5. The van der Waals surface area contributed by atoms with E-state index < -0.39 is 77.5 Å². The van der Waals surface area contributed by atoms with Crippen LogP contribution in [0.25, 0.3) is 0 Å². The Hall–Kier alpha value is -2.87. The Balaban J connectivity index is 2.07. The lowest BCUT2D eigenvalue weighted by Gasteiger charge is -2.46. The van der Waals surface area contributed by atoms with Gasteiger partial charge in [-0.3, -0.25) is 19.4 Å². The van der Waals surface area contributed by atoms with Gasteiger partial charge in [0, 0.05) is 6.54 Å². The lowest BCUT2D eigenvalue weighted by Crippen LogP contribution is -2.70. The van der Waals surface area contributed by atoms with Crippen LogP contribution in [0.5, 0.6) is 0 Å². The number of nitrogens with one attached hydrogen (secondary N) is 3. The first-order valence-corrected chi connectivity index (χ1v) is 20.5. The summed E-state index contributed by atoms with van der Waals surface area (Å²) in [7, 11) is -3.23. The number of rotatable bonds is 12. The lowest BCUT2D eigenvalue weighted by molar-refractivity contribution is -0.153. The summed E-state index contributed by atoms with van der Waals surface area (Å²) < 4.78 is 16.1. The van der Waals surface area contributed by atoms with Gasteiger partial charge in [-0.2, -0.15) is 0 Å². The monoisotopic (exact) mass is 798 g/mol. The van der Waals surface area contributed by atoms with E-state index in [0.29, 0.717) is 12.8 Å². The van der Waals surface area contributed by atoms with Crippen molar-refractivity contribution in [2.24, 2.45) is 5.92 Å². The maximum Gasteiger partial charge on any atom is 0.408 e. The number of amides is 3. The predicted octanol–water partition coefficient (Wildman–Crippen LogP) is 5.39. The Bertz CT molecular complexity index is 1480. The van der Waals surface area contributed by atoms with Crippen LogP contribution in [0.2, 0.25) is 5.04 Å². The molecule has 0 radical (unpaired) electrons. The minimum atomic E-state index is -3.23. The number of carbonyl (C=O) groups excluding carboxylic acids is 4. The summed E-state index contributed by atoms with van der Waals surface area (Å²) in [6, 6.07) is 16.6. The van der Waals surface area contributed by atoms with Gasteiger partial charge in [0.05, 0.1) is 6.10 Å². The molecule has 3 amide bonds. The van der Waals surface area contributed by atoms with Crippen molar-refractivity contribution in [3.8, 4) is 0 Å². The molecule has 1 fully saturated rings. The van der Waals surface area contributed by atoms with Crippen molar-refractivity contribution < 1.29 is 33.1 Å². The second kappa shape index (κ2) is 18.0. The first-order chi connectivity index (χ1) is 24.1. The van der Waals surface area contributed by atoms with Gasteiger partial charge in [-0.25, -0.2) is 10.2 Å². The minimum absolute atomic E-state index is 0.231. The van der Waals surface area contributed by atoms with Crippen molar-refractivity contribution in [1.29, 1.82) is 0 Å². The molecule has 288 valence electrons. The van der Waals surface area contributed by atoms with Crippen LogP contribution in [-0.2, 0) is 28.3 Å². The van der Waals surface area contributed by atoms with Gasteiger partial charge in [-0.05, 0) is 61.9 Å². The molecule has 2 aromatic rings. The average molecular weight is 800 g/mol. The summed E-state index contributed by atoms with van der Waals surface area (Å²) >= 11 is 17.4. The molecule has 1 aliphatic rings. The van der Waals surface area contributed by atoms with Crippen LogP contribution in [0.15, 0.2) is 60.7 Å². The average Bonchev–Trinajstić information content (AvgIpc) is 3.06. The molecule has 0 spiro atoms. The Morgan fingerprint density at radius 1 is 0.865 bits per heavy atom. The zero-order valence-corrected chi connectivity index (χ0v) is 34.7. The summed E-state index contributed by atoms with van der Waals surface area (Å²) in [5, 5.41) is 8.41. The molecule has 0 saturated carbocycles. The zero-order valence-electron chi connectivity index (χ0n) is 31.4. The maximum atomic E-state index is 14.6. The Morgan fingerprint density at radius 2 is 1.40 bits per heavy atom. The summed E-state index contributed by atoms with van der Waals surface area (Å²) in [4.78, 5) is 54.5. The number of alkyl carbamates (subject to hydrolysis) is 1. The van der Waals surface area contributed by atoms with E-state index in [1.807, 2.05) is 60.7 Å². The molecular formula is C37H53Cl3N4O7Si. The van der Waals surface area contributed by atoms with E-state index in [9.17, 15) is 19.2 Å². The highest BCUT2D eigenvalue weighted by Crippen LogP contribution is 2.38. The van der Waals surface area contributed by atoms with Crippen LogP contribution in [0.3, 0.4) is 0 Å². The fraction of sp³-hybridized carbons (Fsp3) is 0.568. The molecule has 4 atom stereocenters. The van der Waals surface area contributed by atoms with Gasteiger partial charge in [0.1, 0.15) is 30.3 Å². The number of hydrazine groups is 1. The summed E-state index contributed by atoms with van der Waals surface area (Å²) in [5.74, 6) is -2.21. The number of hydrogen-bond acceptors (Lipinski definition) is 8. The highest BCUT2D eigenvalue weighted by Gasteiger charge is 2.52. The molecule has 0 aliphatic carbocycles. The molecular weight excluding hydrogens is 747 g/mol. The third-order valence-electron chi connectivity index (χ3n) is 8.55. The van der Waals surface area contributed by atoms with Crippen LogP contribution in [-0.4, -0.2) is 84.0 Å². The number of benzene rings is 2. The van der Waals surface area contributed by atoms with Crippen LogP contribution < -0.4 is 26.4 Å². The van der Waals surface area contributed by atoms with E-state index in [-0.39, 0.29) is 12.5 Å². The number of ether oxygens (including phenoxy) is 2. The minimum Gasteiger partial charge on any atom is -0.460 e. The van der Waals surface area contributed by atoms with Crippen molar-refractivity contribution in [3.63, 3.8) is 0 Å². The van der Waals surface area contributed by atoms with E-state index in [1.54, 1.807) is 41.5 Å². The van der Waals surface area contributed by atoms with E-state index in [2.05, 4.69) is 36.8 Å². The fourth-order valence-electron chi connectivity index (χ4n) is 6.17. The highest BCUT2D eigenvalue weighted by molar-refractivity contribution is 6.99. The van der Waals surface area contributed by atoms with E-state index in [4.69, 9.17) is 48.7 Å². The third-order valence-corrected chi connectivity index (χ3v) is 14.0. The molecule has 11 nitrogen and oxygen atoms in total. The molecule has 0 bridgehead atoms. The molecule has 1 heterocycles. The molecule has 2 unspecified atom stereocenters. The van der Waals surface area contributed by atoms with Gasteiger partial charge in [0.25, 0.3) is 14.2 Å². The van der Waals surface area contributed by atoms with Crippen LogP contribution >= 0.6 is 34.8 Å². The predicted molar refractivity (Wildman–Crippen MR) is 207 cm³/mol. The van der Waals surface area contributed by atoms with E-state index in [1.165, 1.54) is 5.01 Å². The number of nitrogens with zero attached hydrogens (tertiary/aromatic N) is 1. The molecule has 3 rings (SSSR count). The molecule has 2 aromatic carbocycles. The fourth-order valence-corrected chi connectivity index (χ4v) is 11.0. The van der Waals surface area contributed by atoms with Crippen molar-refractivity contribution in [2.45, 2.75) is 114 Å². The topological polar surface area (TPSA) is 135 Å². The molecule has 52 heavy (non-hydrogen) atoms. The van der Waals surface area contributed by atoms with Crippen LogP contribution in [0.1, 0.15) is 75.2 Å². The van der Waals surface area contributed by atoms with Crippen molar-refractivity contribution >= 4 is 77.4 Å². The van der Waals surface area contributed by atoms with Crippen LogP contribution in [0.4, 0.5) is 4.79 Å². The quantitative estimate of drug-likeness (QED) is 0.148. The normalized spacial score (nSPS) is 17.5. The second-order valence-electron chi connectivity index (χ2n) is 15.4. The van der Waals surface area contributed by atoms with Crippen molar-refractivity contribution in [3.05, 3.63) is 60.7 Å². The number of alkyl halides is 3. The van der Waals surface area contributed by atoms with Gasteiger partial charge in [-0.1, -0.05) is 130 Å². The largest absolute Gasteiger partial charge is 0.460 e. The summed E-state index contributed by atoms with van der Waals surface area (Å²) in [6.07, 6.45) is -0.862. The Morgan fingerprint density at radius 3 is 1.87 bits per heavy atom. The number of hydrogen-bond donors (Lipinski definition) is 3. The second-order valence-corrected chi connectivity index (χ2v) is 22.1. The molecule has 15 heteroatoms. The van der Waals surface area contributed by atoms with Gasteiger partial charge in [0.15, 0.2) is 0 Å². The van der Waals surface area contributed by atoms with Crippen LogP contribution in [0, 0.1) is 5.92 Å².